The molecule has 0 bridgehead atoms. The Balaban J connectivity index is 2.42. The average molecular weight is 193 g/mol. The fourth-order valence-electron chi connectivity index (χ4n) is 2.57. The third-order valence-corrected chi connectivity index (χ3v) is 3.40. The van der Waals surface area contributed by atoms with E-state index in [-0.39, 0.29) is 5.41 Å². The van der Waals surface area contributed by atoms with Gasteiger partial charge in [-0.15, -0.1) is 0 Å². The molecule has 0 aliphatic heterocycles. The second-order valence-electron chi connectivity index (χ2n) is 4.63. The van der Waals surface area contributed by atoms with Crippen molar-refractivity contribution in [3.8, 4) is 11.1 Å². The average Bonchev–Trinajstić information content (AvgIpc) is 2.51. The monoisotopic (exact) mass is 193 g/mol. The van der Waals surface area contributed by atoms with Crippen LogP contribution in [-0.4, -0.2) is 0 Å². The summed E-state index contributed by atoms with van der Waals surface area (Å²) in [5.74, 6) is 0. The molecular formula is C15H13. The third-order valence-electron chi connectivity index (χ3n) is 3.40. The van der Waals surface area contributed by atoms with E-state index < -0.39 is 0 Å². The first kappa shape index (κ1) is 8.72. The molecule has 0 saturated carbocycles. The minimum Gasteiger partial charge on any atom is -0.0619 e. The van der Waals surface area contributed by atoms with Crippen LogP contribution in [0.4, 0.5) is 0 Å². The van der Waals surface area contributed by atoms with E-state index in [1.165, 1.54) is 22.3 Å². The van der Waals surface area contributed by atoms with Crippen LogP contribution in [-0.2, 0) is 5.41 Å². The molecule has 0 spiro atoms. The van der Waals surface area contributed by atoms with Gasteiger partial charge in [-0.3, -0.25) is 0 Å². The lowest BCUT2D eigenvalue weighted by atomic mass is 9.82. The topological polar surface area (TPSA) is 0 Å². The molecule has 1 aliphatic rings. The molecule has 0 unspecified atom stereocenters. The Morgan fingerprint density at radius 3 is 2.53 bits per heavy atom. The van der Waals surface area contributed by atoms with E-state index >= 15 is 0 Å². The van der Waals surface area contributed by atoms with Crippen molar-refractivity contribution < 1.29 is 0 Å². The Hall–Kier alpha value is -1.56. The summed E-state index contributed by atoms with van der Waals surface area (Å²) >= 11 is 0. The van der Waals surface area contributed by atoms with E-state index in [9.17, 15) is 0 Å². The highest BCUT2D eigenvalue weighted by atomic mass is 14.4. The molecule has 0 nitrogen and oxygen atoms in total. The fourth-order valence-corrected chi connectivity index (χ4v) is 2.57. The SMILES string of the molecule is CC1(C)c2ccc[c]c2-c2ccccc21. The molecule has 3 rings (SSSR count). The van der Waals surface area contributed by atoms with Gasteiger partial charge in [-0.25, -0.2) is 0 Å². The van der Waals surface area contributed by atoms with Crippen LogP contribution in [0, 0.1) is 6.07 Å². The summed E-state index contributed by atoms with van der Waals surface area (Å²) in [5.41, 5.74) is 5.56. The molecular weight excluding hydrogens is 180 g/mol. The van der Waals surface area contributed by atoms with Gasteiger partial charge in [0.05, 0.1) is 0 Å². The normalized spacial score (nSPS) is 15.9. The number of rotatable bonds is 0. The van der Waals surface area contributed by atoms with Crippen molar-refractivity contribution in [1.29, 1.82) is 0 Å². The second-order valence-corrected chi connectivity index (χ2v) is 4.63. The number of benzene rings is 2. The summed E-state index contributed by atoms with van der Waals surface area (Å²) < 4.78 is 0. The van der Waals surface area contributed by atoms with Crippen molar-refractivity contribution in [2.45, 2.75) is 19.3 Å². The smallest absolute Gasteiger partial charge is 0.0159 e. The van der Waals surface area contributed by atoms with Crippen molar-refractivity contribution in [3.05, 3.63) is 59.7 Å². The summed E-state index contributed by atoms with van der Waals surface area (Å²) in [4.78, 5) is 0. The maximum absolute atomic E-state index is 3.36. The first-order valence-electron chi connectivity index (χ1n) is 5.32. The minimum atomic E-state index is 0.129. The highest BCUT2D eigenvalue weighted by Crippen LogP contribution is 2.47. The number of hydrogen-bond donors (Lipinski definition) is 0. The zero-order valence-corrected chi connectivity index (χ0v) is 9.04. The number of fused-ring (bicyclic) bond motifs is 3. The molecule has 2 aromatic rings. The zero-order valence-electron chi connectivity index (χ0n) is 9.04. The van der Waals surface area contributed by atoms with E-state index in [0.717, 1.165) is 0 Å². The predicted octanol–water partition coefficient (Wildman–Crippen LogP) is 3.79. The first-order valence-corrected chi connectivity index (χ1v) is 5.32. The summed E-state index contributed by atoms with van der Waals surface area (Å²) in [6.45, 7) is 4.57. The van der Waals surface area contributed by atoms with Gasteiger partial charge >= 0.3 is 0 Å². The van der Waals surface area contributed by atoms with Crippen LogP contribution >= 0.6 is 0 Å². The van der Waals surface area contributed by atoms with E-state index in [1.54, 1.807) is 0 Å². The molecule has 0 aromatic heterocycles. The van der Waals surface area contributed by atoms with Gasteiger partial charge in [0.1, 0.15) is 0 Å². The highest BCUT2D eigenvalue weighted by Gasteiger charge is 2.34. The van der Waals surface area contributed by atoms with Crippen molar-refractivity contribution in [2.24, 2.45) is 0 Å². The largest absolute Gasteiger partial charge is 0.0619 e. The van der Waals surface area contributed by atoms with Crippen LogP contribution in [0.3, 0.4) is 0 Å². The highest BCUT2D eigenvalue weighted by molar-refractivity contribution is 5.79. The Kier molecular flexibility index (Phi) is 1.59. The molecule has 0 heteroatoms. The van der Waals surface area contributed by atoms with Crippen molar-refractivity contribution >= 4 is 0 Å². The summed E-state index contributed by atoms with van der Waals surface area (Å²) in [6, 6.07) is 18.3. The Labute approximate surface area is 90.6 Å². The van der Waals surface area contributed by atoms with E-state index in [4.69, 9.17) is 0 Å². The van der Waals surface area contributed by atoms with E-state index in [1.807, 2.05) is 6.07 Å². The summed E-state index contributed by atoms with van der Waals surface area (Å²) in [5, 5.41) is 0. The van der Waals surface area contributed by atoms with Gasteiger partial charge in [0, 0.05) is 5.41 Å². The molecule has 1 radical (unpaired) electrons. The van der Waals surface area contributed by atoms with Gasteiger partial charge in [-0.1, -0.05) is 56.3 Å². The lowest BCUT2D eigenvalue weighted by Gasteiger charge is -2.20. The molecule has 0 saturated heterocycles. The van der Waals surface area contributed by atoms with Crippen LogP contribution in [0.2, 0.25) is 0 Å². The summed E-state index contributed by atoms with van der Waals surface area (Å²) in [6.07, 6.45) is 0. The lowest BCUT2D eigenvalue weighted by molar-refractivity contribution is 0.660. The Bertz CT molecular complexity index is 474. The molecule has 0 heterocycles. The standard InChI is InChI=1S/C15H13/c1-15(2)13-9-5-3-7-11(13)12-8-4-6-10-14(12)15/h3-7,9-10H,1-2H3. The van der Waals surface area contributed by atoms with Gasteiger partial charge < -0.3 is 0 Å². The first-order chi connectivity index (χ1) is 7.21. The molecule has 1 aliphatic carbocycles. The van der Waals surface area contributed by atoms with Crippen molar-refractivity contribution in [3.63, 3.8) is 0 Å². The number of hydrogen-bond acceptors (Lipinski definition) is 0. The quantitative estimate of drug-likeness (QED) is 0.597. The Morgan fingerprint density at radius 2 is 1.67 bits per heavy atom. The molecule has 2 aromatic carbocycles. The van der Waals surface area contributed by atoms with Gasteiger partial charge in [-0.05, 0) is 28.3 Å². The van der Waals surface area contributed by atoms with E-state index in [2.05, 4.69) is 56.3 Å². The van der Waals surface area contributed by atoms with Crippen molar-refractivity contribution in [1.82, 2.24) is 0 Å². The van der Waals surface area contributed by atoms with Crippen molar-refractivity contribution in [2.75, 3.05) is 0 Å². The van der Waals surface area contributed by atoms with Gasteiger partial charge in [0.15, 0.2) is 0 Å². The van der Waals surface area contributed by atoms with Crippen LogP contribution in [0.25, 0.3) is 11.1 Å². The molecule has 15 heavy (non-hydrogen) atoms. The summed E-state index contributed by atoms with van der Waals surface area (Å²) in [7, 11) is 0. The predicted molar refractivity (Wildman–Crippen MR) is 62.8 cm³/mol. The molecule has 0 amide bonds. The van der Waals surface area contributed by atoms with E-state index in [0.29, 0.717) is 0 Å². The van der Waals surface area contributed by atoms with Crippen LogP contribution in [0.15, 0.2) is 42.5 Å². The molecule has 0 atom stereocenters. The third kappa shape index (κ3) is 1.02. The van der Waals surface area contributed by atoms with Gasteiger partial charge in [-0.2, -0.15) is 0 Å². The zero-order chi connectivity index (χ0) is 10.5. The molecule has 0 fully saturated rings. The fraction of sp³-hybridized carbons (Fsp3) is 0.200. The van der Waals surface area contributed by atoms with Gasteiger partial charge in [0.25, 0.3) is 0 Å². The molecule has 73 valence electrons. The van der Waals surface area contributed by atoms with Gasteiger partial charge in [0.2, 0.25) is 0 Å². The van der Waals surface area contributed by atoms with Crippen LogP contribution in [0.5, 0.6) is 0 Å². The minimum absolute atomic E-state index is 0.129. The maximum Gasteiger partial charge on any atom is 0.0159 e. The van der Waals surface area contributed by atoms with Crippen LogP contribution < -0.4 is 0 Å². The Morgan fingerprint density at radius 1 is 0.933 bits per heavy atom. The maximum atomic E-state index is 3.36. The van der Waals surface area contributed by atoms with Crippen LogP contribution in [0.1, 0.15) is 25.0 Å². The lowest BCUT2D eigenvalue weighted by Crippen LogP contribution is -2.14. The molecule has 0 N–H and O–H groups in total. The second kappa shape index (κ2) is 2.73.